The van der Waals surface area contributed by atoms with Crippen LogP contribution in [0.5, 0.6) is 5.75 Å². The maximum Gasteiger partial charge on any atom is 0.422 e. The van der Waals surface area contributed by atoms with E-state index in [0.29, 0.717) is 6.08 Å². The molecule has 0 bridgehead atoms. The molecule has 1 rings (SSSR count). The lowest BCUT2D eigenvalue weighted by molar-refractivity contribution is -0.153. The molecule has 0 radical (unpaired) electrons. The Morgan fingerprint density at radius 3 is 2.40 bits per heavy atom. The molecule has 0 saturated heterocycles. The van der Waals surface area contributed by atoms with Crippen molar-refractivity contribution >= 4 is 33.6 Å². The molecular weight excluding hydrogens is 418 g/mol. The van der Waals surface area contributed by atoms with Gasteiger partial charge >= 0.3 is 18.1 Å². The Kier molecular flexibility index (Phi) is 7.22. The van der Waals surface area contributed by atoms with Crippen LogP contribution in [-0.4, -0.2) is 38.9 Å². The molecule has 0 saturated carbocycles. The number of benzene rings is 1. The Labute approximate surface area is 147 Å². The fourth-order valence-electron chi connectivity index (χ4n) is 1.48. The first-order valence-corrected chi connectivity index (χ1v) is 7.20. The van der Waals surface area contributed by atoms with Crippen LogP contribution in [0.25, 0.3) is 0 Å². The number of alkyl halides is 3. The molecular formula is C14H12BrF4NO5. The largest absolute Gasteiger partial charge is 0.482 e. The third kappa shape index (κ3) is 6.61. The number of carbonyl (C=O) groups is 2. The monoisotopic (exact) mass is 429 g/mol. The van der Waals surface area contributed by atoms with Gasteiger partial charge < -0.3 is 19.5 Å². The Bertz CT molecular complexity index is 691. The molecule has 25 heavy (non-hydrogen) atoms. The van der Waals surface area contributed by atoms with E-state index in [1.165, 1.54) is 0 Å². The smallest absolute Gasteiger partial charge is 0.422 e. The second-order valence-corrected chi connectivity index (χ2v) is 5.22. The van der Waals surface area contributed by atoms with Crippen LogP contribution in [0.3, 0.4) is 0 Å². The molecule has 0 amide bonds. The van der Waals surface area contributed by atoms with Crippen molar-refractivity contribution in [3.8, 4) is 5.75 Å². The predicted octanol–water partition coefficient (Wildman–Crippen LogP) is 3.17. The standard InChI is InChI=1S/C14H12BrF4NO5/c1-23-12(21)5-10(13(22)24-2)20-9-4-8(16)7(15)3-11(9)25-6-14(17,18)19/h3-5,20H,6H2,1-2H3/b10-5+. The summed E-state index contributed by atoms with van der Waals surface area (Å²) in [6.45, 7) is -1.64. The number of halogens is 5. The molecule has 0 fully saturated rings. The van der Waals surface area contributed by atoms with E-state index in [9.17, 15) is 27.2 Å². The van der Waals surface area contributed by atoms with Crippen molar-refractivity contribution in [1.29, 1.82) is 0 Å². The van der Waals surface area contributed by atoms with Gasteiger partial charge in [-0.25, -0.2) is 14.0 Å². The van der Waals surface area contributed by atoms with Crippen LogP contribution < -0.4 is 10.1 Å². The molecule has 6 nitrogen and oxygen atoms in total. The third-order valence-electron chi connectivity index (χ3n) is 2.55. The van der Waals surface area contributed by atoms with Crippen molar-refractivity contribution in [2.24, 2.45) is 0 Å². The van der Waals surface area contributed by atoms with E-state index in [4.69, 9.17) is 0 Å². The normalized spacial score (nSPS) is 11.7. The summed E-state index contributed by atoms with van der Waals surface area (Å²) in [4.78, 5) is 23.0. The summed E-state index contributed by atoms with van der Waals surface area (Å²) in [5.74, 6) is -3.23. The second kappa shape index (κ2) is 8.70. The molecule has 1 aromatic carbocycles. The number of hydrogen-bond acceptors (Lipinski definition) is 6. The summed E-state index contributed by atoms with van der Waals surface area (Å²) in [6.07, 6.45) is -3.94. The topological polar surface area (TPSA) is 73.9 Å². The number of rotatable bonds is 6. The number of ether oxygens (including phenoxy) is 3. The van der Waals surface area contributed by atoms with Crippen molar-refractivity contribution in [3.05, 3.63) is 34.2 Å². The summed E-state index contributed by atoms with van der Waals surface area (Å²) in [7, 11) is 2.06. The van der Waals surface area contributed by atoms with Gasteiger partial charge in [0.25, 0.3) is 0 Å². The van der Waals surface area contributed by atoms with Gasteiger partial charge in [-0.2, -0.15) is 13.2 Å². The Balaban J connectivity index is 3.23. The van der Waals surface area contributed by atoms with Crippen LogP contribution in [0.2, 0.25) is 0 Å². The molecule has 0 heterocycles. The van der Waals surface area contributed by atoms with Gasteiger partial charge in [-0.05, 0) is 22.0 Å². The maximum atomic E-state index is 13.7. The van der Waals surface area contributed by atoms with Gasteiger partial charge in [0.1, 0.15) is 17.3 Å². The van der Waals surface area contributed by atoms with E-state index in [2.05, 4.69) is 35.5 Å². The summed E-state index contributed by atoms with van der Waals surface area (Å²) in [5, 5.41) is 2.30. The molecule has 0 aliphatic heterocycles. The molecule has 1 N–H and O–H groups in total. The zero-order valence-electron chi connectivity index (χ0n) is 12.9. The highest BCUT2D eigenvalue weighted by molar-refractivity contribution is 9.10. The summed E-state index contributed by atoms with van der Waals surface area (Å²) < 4.78 is 64.0. The van der Waals surface area contributed by atoms with Crippen molar-refractivity contribution in [2.45, 2.75) is 6.18 Å². The lowest BCUT2D eigenvalue weighted by Gasteiger charge is -2.16. The van der Waals surface area contributed by atoms with E-state index in [-0.39, 0.29) is 10.2 Å². The van der Waals surface area contributed by atoms with Crippen LogP contribution in [0, 0.1) is 5.82 Å². The first kappa shape index (κ1) is 20.7. The minimum absolute atomic E-state index is 0.160. The molecule has 0 aliphatic rings. The molecule has 0 aliphatic carbocycles. The number of anilines is 1. The van der Waals surface area contributed by atoms with Gasteiger partial charge in [-0.1, -0.05) is 0 Å². The highest BCUT2D eigenvalue weighted by atomic mass is 79.9. The fraction of sp³-hybridized carbons (Fsp3) is 0.286. The number of methoxy groups -OCH3 is 2. The van der Waals surface area contributed by atoms with Gasteiger partial charge in [-0.3, -0.25) is 0 Å². The summed E-state index contributed by atoms with van der Waals surface area (Å²) in [5.41, 5.74) is -0.821. The number of nitrogens with one attached hydrogen (secondary N) is 1. The van der Waals surface area contributed by atoms with Gasteiger partial charge in [0.05, 0.1) is 30.5 Å². The first-order valence-electron chi connectivity index (χ1n) is 6.41. The quantitative estimate of drug-likeness (QED) is 0.425. The third-order valence-corrected chi connectivity index (χ3v) is 3.16. The van der Waals surface area contributed by atoms with Crippen molar-refractivity contribution in [2.75, 3.05) is 26.1 Å². The highest BCUT2D eigenvalue weighted by Crippen LogP contribution is 2.33. The average Bonchev–Trinajstić information content (AvgIpc) is 2.54. The van der Waals surface area contributed by atoms with Crippen LogP contribution in [0.4, 0.5) is 23.2 Å². The number of hydrogen-bond donors (Lipinski definition) is 1. The van der Waals surface area contributed by atoms with Crippen LogP contribution >= 0.6 is 15.9 Å². The molecule has 0 spiro atoms. The predicted molar refractivity (Wildman–Crippen MR) is 81.4 cm³/mol. The lowest BCUT2D eigenvalue weighted by atomic mass is 10.2. The van der Waals surface area contributed by atoms with E-state index >= 15 is 0 Å². The average molecular weight is 430 g/mol. The fourth-order valence-corrected chi connectivity index (χ4v) is 1.81. The van der Waals surface area contributed by atoms with E-state index in [1.807, 2.05) is 0 Å². The molecule has 138 valence electrons. The second-order valence-electron chi connectivity index (χ2n) is 4.36. The zero-order valence-corrected chi connectivity index (χ0v) is 14.5. The van der Waals surface area contributed by atoms with E-state index in [1.54, 1.807) is 0 Å². The Morgan fingerprint density at radius 2 is 1.88 bits per heavy atom. The molecule has 0 aromatic heterocycles. The highest BCUT2D eigenvalue weighted by Gasteiger charge is 2.29. The summed E-state index contributed by atoms with van der Waals surface area (Å²) in [6, 6.07) is 1.72. The number of esters is 2. The maximum absolute atomic E-state index is 13.7. The SMILES string of the molecule is COC(=O)/C=C(/Nc1cc(F)c(Br)cc1OCC(F)(F)F)C(=O)OC. The summed E-state index contributed by atoms with van der Waals surface area (Å²) >= 11 is 2.82. The van der Waals surface area contributed by atoms with Gasteiger partial charge in [-0.15, -0.1) is 0 Å². The van der Waals surface area contributed by atoms with Crippen LogP contribution in [0.15, 0.2) is 28.4 Å². The van der Waals surface area contributed by atoms with Crippen molar-refractivity contribution in [1.82, 2.24) is 0 Å². The molecule has 0 atom stereocenters. The molecule has 11 heteroatoms. The minimum Gasteiger partial charge on any atom is -0.482 e. The van der Waals surface area contributed by atoms with E-state index in [0.717, 1.165) is 26.4 Å². The van der Waals surface area contributed by atoms with Crippen molar-refractivity contribution < 1.29 is 41.4 Å². The Morgan fingerprint density at radius 1 is 1.24 bits per heavy atom. The van der Waals surface area contributed by atoms with E-state index < -0.39 is 42.0 Å². The van der Waals surface area contributed by atoms with Gasteiger partial charge in [0.15, 0.2) is 6.61 Å². The van der Waals surface area contributed by atoms with Crippen LogP contribution in [0.1, 0.15) is 0 Å². The lowest BCUT2D eigenvalue weighted by Crippen LogP contribution is -2.20. The molecule has 0 unspecified atom stereocenters. The van der Waals surface area contributed by atoms with Crippen molar-refractivity contribution in [3.63, 3.8) is 0 Å². The van der Waals surface area contributed by atoms with Crippen LogP contribution in [-0.2, 0) is 19.1 Å². The first-order chi connectivity index (χ1) is 11.6. The van der Waals surface area contributed by atoms with Gasteiger partial charge in [0, 0.05) is 6.07 Å². The Hall–Kier alpha value is -2.30. The zero-order chi connectivity index (χ0) is 19.2. The number of carbonyl (C=O) groups excluding carboxylic acids is 2. The minimum atomic E-state index is -4.63. The van der Waals surface area contributed by atoms with Gasteiger partial charge in [0.2, 0.25) is 0 Å². The molecule has 1 aromatic rings.